The average Bonchev–Trinajstić information content (AvgIpc) is 3.43. The van der Waals surface area contributed by atoms with Gasteiger partial charge in [-0.15, -0.1) is 0 Å². The topological polar surface area (TPSA) is 165 Å². The van der Waals surface area contributed by atoms with Gasteiger partial charge < -0.3 is 25.7 Å². The third-order valence-electron chi connectivity index (χ3n) is 5.91. The molecule has 4 aromatic rings. The Kier molecular flexibility index (Phi) is 9.15. The van der Waals surface area contributed by atoms with Crippen LogP contribution in [0, 0.1) is 10.1 Å². The number of aromatic nitrogens is 4. The van der Waals surface area contributed by atoms with E-state index in [1.54, 1.807) is 30.5 Å². The molecule has 3 heterocycles. The Morgan fingerprint density at radius 2 is 2.02 bits per heavy atom. The molecular weight excluding hydrogens is 559 g/mol. The Balaban J connectivity index is 1.65. The fraction of sp³-hybridized carbons (Fsp3) is 0.231. The molecule has 40 heavy (non-hydrogen) atoms. The van der Waals surface area contributed by atoms with Gasteiger partial charge in [0.1, 0.15) is 12.2 Å². The minimum atomic E-state index is -0.593. The monoisotopic (exact) mass is 584 g/mol. The Labute approximate surface area is 239 Å². The van der Waals surface area contributed by atoms with Gasteiger partial charge >= 0.3 is 11.7 Å². The van der Waals surface area contributed by atoms with Crippen molar-refractivity contribution in [3.05, 3.63) is 92.0 Å². The number of anilines is 2. The molecule has 0 aliphatic carbocycles. The number of nitro groups is 1. The van der Waals surface area contributed by atoms with Gasteiger partial charge in [0.25, 0.3) is 0 Å². The van der Waals surface area contributed by atoms with E-state index in [-0.39, 0.29) is 47.8 Å². The first-order chi connectivity index (χ1) is 19.1. The second-order valence-corrected chi connectivity index (χ2v) is 9.82. The molecule has 0 aliphatic heterocycles. The van der Waals surface area contributed by atoms with Crippen LogP contribution in [-0.4, -0.2) is 69.5 Å². The van der Waals surface area contributed by atoms with E-state index in [0.29, 0.717) is 27.8 Å². The van der Waals surface area contributed by atoms with Crippen LogP contribution in [0.2, 0.25) is 10.0 Å². The quantitative estimate of drug-likeness (QED) is 0.128. The fourth-order valence-corrected chi connectivity index (χ4v) is 4.36. The molecule has 0 radical (unpaired) electrons. The molecule has 0 fully saturated rings. The van der Waals surface area contributed by atoms with Crippen molar-refractivity contribution in [2.75, 3.05) is 44.8 Å². The third kappa shape index (κ3) is 6.84. The normalized spacial score (nSPS) is 11.8. The molecule has 3 aromatic heterocycles. The maximum Gasteiger partial charge on any atom is 0.341 e. The Morgan fingerprint density at radius 1 is 1.23 bits per heavy atom. The van der Waals surface area contributed by atoms with Crippen LogP contribution in [0.15, 0.2) is 54.9 Å². The van der Waals surface area contributed by atoms with Crippen LogP contribution in [-0.2, 0) is 4.74 Å². The van der Waals surface area contributed by atoms with E-state index >= 15 is 0 Å². The fourth-order valence-electron chi connectivity index (χ4n) is 3.86. The summed E-state index contributed by atoms with van der Waals surface area (Å²) in [5.74, 6) is -0.964. The number of halogens is 2. The number of likely N-dealkylation sites (N-methyl/N-ethyl adjacent to an activating group) is 1. The second-order valence-electron chi connectivity index (χ2n) is 8.98. The highest BCUT2D eigenvalue weighted by atomic mass is 35.5. The predicted octanol–water partition coefficient (Wildman–Crippen LogP) is 4.63. The Morgan fingerprint density at radius 3 is 2.67 bits per heavy atom. The highest BCUT2D eigenvalue weighted by Crippen LogP contribution is 2.32. The third-order valence-corrected chi connectivity index (χ3v) is 6.45. The highest BCUT2D eigenvalue weighted by Gasteiger charge is 2.23. The summed E-state index contributed by atoms with van der Waals surface area (Å²) < 4.78 is 5.42. The summed E-state index contributed by atoms with van der Waals surface area (Å²) in [5.41, 5.74) is 7.74. The van der Waals surface area contributed by atoms with Gasteiger partial charge in [-0.3, -0.25) is 10.1 Å². The van der Waals surface area contributed by atoms with E-state index in [2.05, 4.69) is 25.3 Å². The van der Waals surface area contributed by atoms with Crippen LogP contribution in [0.4, 0.5) is 17.5 Å². The minimum absolute atomic E-state index is 0.138. The van der Waals surface area contributed by atoms with Crippen molar-refractivity contribution < 1.29 is 14.5 Å². The molecule has 0 saturated carbocycles. The molecule has 1 unspecified atom stereocenters. The van der Waals surface area contributed by atoms with Gasteiger partial charge in [0.15, 0.2) is 0 Å². The van der Waals surface area contributed by atoms with Gasteiger partial charge in [0.2, 0.25) is 11.8 Å². The van der Waals surface area contributed by atoms with Crippen molar-refractivity contribution in [1.29, 1.82) is 0 Å². The maximum absolute atomic E-state index is 12.9. The van der Waals surface area contributed by atoms with Gasteiger partial charge in [0.05, 0.1) is 27.3 Å². The molecule has 12 nitrogen and oxygen atoms in total. The Hall–Kier alpha value is -4.26. The number of carbonyl (C=O) groups excluding carboxylic acids is 1. The predicted molar refractivity (Wildman–Crippen MR) is 153 cm³/mol. The zero-order chi connectivity index (χ0) is 28.8. The van der Waals surface area contributed by atoms with E-state index in [1.807, 2.05) is 31.1 Å². The number of pyridine rings is 1. The number of nitrogen functional groups attached to an aromatic ring is 1. The summed E-state index contributed by atoms with van der Waals surface area (Å²) in [6.07, 6.45) is 3.13. The smallest absolute Gasteiger partial charge is 0.341 e. The first-order valence-electron chi connectivity index (χ1n) is 12.1. The minimum Gasteiger partial charge on any atom is -0.461 e. The number of rotatable bonds is 11. The highest BCUT2D eigenvalue weighted by molar-refractivity contribution is 6.36. The number of ether oxygens (including phenoxy) is 1. The average molecular weight is 585 g/mol. The number of nitrogens with one attached hydrogen (secondary N) is 2. The van der Waals surface area contributed by atoms with Gasteiger partial charge in [0, 0.05) is 47.8 Å². The zero-order valence-corrected chi connectivity index (χ0v) is 23.1. The van der Waals surface area contributed by atoms with E-state index in [1.165, 1.54) is 12.3 Å². The summed E-state index contributed by atoms with van der Waals surface area (Å²) in [7, 11) is 3.74. The summed E-state index contributed by atoms with van der Waals surface area (Å²) >= 11 is 12.6. The lowest BCUT2D eigenvalue weighted by molar-refractivity contribution is -0.384. The summed E-state index contributed by atoms with van der Waals surface area (Å²) in [4.78, 5) is 41.8. The van der Waals surface area contributed by atoms with Crippen molar-refractivity contribution in [2.24, 2.45) is 0 Å². The number of aromatic amines is 1. The van der Waals surface area contributed by atoms with E-state index < -0.39 is 10.9 Å². The lowest BCUT2D eigenvalue weighted by Crippen LogP contribution is -2.21. The van der Waals surface area contributed by atoms with Crippen LogP contribution < -0.4 is 11.1 Å². The van der Waals surface area contributed by atoms with Crippen LogP contribution in [0.25, 0.3) is 11.3 Å². The van der Waals surface area contributed by atoms with Crippen LogP contribution >= 0.6 is 23.2 Å². The maximum atomic E-state index is 12.9. The second kappa shape index (κ2) is 12.7. The Bertz CT molecular complexity index is 1510. The molecular formula is C26H26Cl2N8O4. The van der Waals surface area contributed by atoms with E-state index in [0.717, 1.165) is 5.69 Å². The molecule has 14 heteroatoms. The van der Waals surface area contributed by atoms with Gasteiger partial charge in [-0.05, 0) is 50.5 Å². The van der Waals surface area contributed by atoms with Crippen molar-refractivity contribution in [3.8, 4) is 11.3 Å². The lowest BCUT2D eigenvalue weighted by Gasteiger charge is -2.18. The first kappa shape index (κ1) is 28.7. The lowest BCUT2D eigenvalue weighted by atomic mass is 10.0. The van der Waals surface area contributed by atoms with Gasteiger partial charge in [-0.1, -0.05) is 23.2 Å². The van der Waals surface area contributed by atoms with Crippen molar-refractivity contribution in [2.45, 2.75) is 5.92 Å². The number of hydrogen-bond acceptors (Lipinski definition) is 10. The number of nitrogens with zero attached hydrogens (tertiary/aromatic N) is 5. The van der Waals surface area contributed by atoms with Crippen LogP contribution in [0.5, 0.6) is 0 Å². The number of benzene rings is 1. The first-order valence-corrected chi connectivity index (χ1v) is 12.8. The number of carbonyl (C=O) groups is 1. The van der Waals surface area contributed by atoms with Gasteiger partial charge in [-0.2, -0.15) is 0 Å². The van der Waals surface area contributed by atoms with E-state index in [4.69, 9.17) is 33.7 Å². The molecule has 1 atom stereocenters. The molecule has 4 N–H and O–H groups in total. The van der Waals surface area contributed by atoms with Crippen LogP contribution in [0.3, 0.4) is 0 Å². The number of H-pyrrole nitrogens is 1. The molecule has 0 spiro atoms. The van der Waals surface area contributed by atoms with Crippen molar-refractivity contribution in [3.63, 3.8) is 0 Å². The molecule has 1 aromatic carbocycles. The number of hydrogen-bond donors (Lipinski definition) is 3. The summed E-state index contributed by atoms with van der Waals surface area (Å²) in [6, 6.07) is 11.4. The molecule has 4 rings (SSSR count). The van der Waals surface area contributed by atoms with Crippen molar-refractivity contribution in [1.82, 2.24) is 24.8 Å². The standard InChI is InChI=1S/C26H26Cl2N8O4/c1-35(2)10-11-40-25(37)18-14-32-26(34-23(18)16-6-5-15(27)12-19(16)28)31-13-17(20-4-3-9-30-20)21-7-8-22(36(38)39)24(29)33-21/h3-9,12,14,17,30H,10-11,13H2,1-2H3,(H2,29,33)(H,31,32,34). The van der Waals surface area contributed by atoms with Crippen molar-refractivity contribution >= 4 is 46.6 Å². The number of nitrogens with two attached hydrogens (primary N) is 1. The number of esters is 1. The molecule has 0 amide bonds. The summed E-state index contributed by atoms with van der Waals surface area (Å²) in [6.45, 7) is 0.971. The molecule has 0 saturated heterocycles. The molecule has 0 aliphatic rings. The zero-order valence-electron chi connectivity index (χ0n) is 21.6. The largest absolute Gasteiger partial charge is 0.461 e. The van der Waals surface area contributed by atoms with Crippen LogP contribution in [0.1, 0.15) is 27.7 Å². The summed E-state index contributed by atoms with van der Waals surface area (Å²) in [5, 5.41) is 15.1. The SMILES string of the molecule is CN(C)CCOC(=O)c1cnc(NCC(c2ccc([N+](=O)[O-])c(N)n2)c2ccc[nH]2)nc1-c1ccc(Cl)cc1Cl. The molecule has 208 valence electrons. The van der Waals surface area contributed by atoms with Gasteiger partial charge in [-0.25, -0.2) is 19.7 Å². The van der Waals surface area contributed by atoms with E-state index in [9.17, 15) is 14.9 Å². The molecule has 0 bridgehead atoms.